The number of halogens is 1. The van der Waals surface area contributed by atoms with Gasteiger partial charge in [0.05, 0.1) is 6.33 Å². The Labute approximate surface area is 125 Å². The van der Waals surface area contributed by atoms with Gasteiger partial charge in [-0.2, -0.15) is 0 Å². The second-order valence-electron chi connectivity index (χ2n) is 4.13. The van der Waals surface area contributed by atoms with Crippen molar-refractivity contribution in [2.24, 2.45) is 0 Å². The van der Waals surface area contributed by atoms with Crippen molar-refractivity contribution in [3.05, 3.63) is 50.1 Å². The van der Waals surface area contributed by atoms with E-state index < -0.39 is 0 Å². The van der Waals surface area contributed by atoms with E-state index in [1.807, 2.05) is 53.8 Å². The summed E-state index contributed by atoms with van der Waals surface area (Å²) < 4.78 is 0.609. The average Bonchev–Trinajstić information content (AvgIpc) is 2.42. The van der Waals surface area contributed by atoms with Crippen LogP contribution in [0.25, 0.3) is 0 Å². The molecule has 0 aliphatic heterocycles. The predicted octanol–water partition coefficient (Wildman–Crippen LogP) is 1.98. The number of aromatic nitrogens is 2. The largest absolute Gasteiger partial charge is 0.399 e. The first-order chi connectivity index (χ1) is 9.11. The number of nitrogens with two attached hydrogens (primary N) is 1. The van der Waals surface area contributed by atoms with Crippen LogP contribution in [0.1, 0.15) is 12.5 Å². The van der Waals surface area contributed by atoms with Gasteiger partial charge in [-0.05, 0) is 47.2 Å². The highest BCUT2D eigenvalue weighted by Gasteiger charge is 2.12. The number of aromatic amines is 1. The van der Waals surface area contributed by atoms with E-state index in [2.05, 4.69) is 14.9 Å². The van der Waals surface area contributed by atoms with E-state index in [-0.39, 0.29) is 5.56 Å². The summed E-state index contributed by atoms with van der Waals surface area (Å²) in [6.45, 7) is 3.51. The fraction of sp³-hybridized carbons (Fsp3) is 0.231. The highest BCUT2D eigenvalue weighted by atomic mass is 127. The van der Waals surface area contributed by atoms with Gasteiger partial charge >= 0.3 is 0 Å². The maximum Gasteiger partial charge on any atom is 0.266 e. The van der Waals surface area contributed by atoms with Gasteiger partial charge in [0.15, 0.2) is 0 Å². The van der Waals surface area contributed by atoms with Gasteiger partial charge in [-0.1, -0.05) is 12.1 Å². The van der Waals surface area contributed by atoms with E-state index in [1.54, 1.807) is 0 Å². The Balaban J connectivity index is 2.27. The Hall–Kier alpha value is -1.57. The first-order valence-electron chi connectivity index (χ1n) is 5.94. The van der Waals surface area contributed by atoms with Gasteiger partial charge < -0.3 is 15.6 Å². The molecule has 0 spiro atoms. The molecular formula is C13H15IN4O. The minimum atomic E-state index is -0.110. The monoisotopic (exact) mass is 370 g/mol. The molecule has 0 saturated carbocycles. The fourth-order valence-electron chi connectivity index (χ4n) is 1.77. The number of benzene rings is 1. The number of H-pyrrole nitrogens is 1. The zero-order valence-electron chi connectivity index (χ0n) is 10.6. The molecule has 0 saturated heterocycles. The van der Waals surface area contributed by atoms with Gasteiger partial charge in [0.25, 0.3) is 5.56 Å². The normalized spacial score (nSPS) is 10.4. The van der Waals surface area contributed by atoms with E-state index in [0.29, 0.717) is 15.9 Å². The Morgan fingerprint density at radius 3 is 2.68 bits per heavy atom. The Kier molecular flexibility index (Phi) is 4.41. The van der Waals surface area contributed by atoms with Crippen LogP contribution in [0.2, 0.25) is 0 Å². The minimum Gasteiger partial charge on any atom is -0.399 e. The second kappa shape index (κ2) is 6.05. The van der Waals surface area contributed by atoms with E-state index in [1.165, 1.54) is 6.33 Å². The van der Waals surface area contributed by atoms with Crippen molar-refractivity contribution >= 4 is 34.1 Å². The van der Waals surface area contributed by atoms with Gasteiger partial charge in [-0.25, -0.2) is 4.98 Å². The number of anilines is 2. The molecule has 0 radical (unpaired) electrons. The lowest BCUT2D eigenvalue weighted by atomic mass is 10.2. The van der Waals surface area contributed by atoms with E-state index >= 15 is 0 Å². The van der Waals surface area contributed by atoms with E-state index in [4.69, 9.17) is 5.73 Å². The highest BCUT2D eigenvalue weighted by Crippen LogP contribution is 2.18. The maximum atomic E-state index is 11.6. The van der Waals surface area contributed by atoms with Crippen LogP contribution < -0.4 is 16.2 Å². The number of nitrogens with zero attached hydrogens (tertiary/aromatic N) is 2. The van der Waals surface area contributed by atoms with Crippen LogP contribution in [0, 0.1) is 3.57 Å². The number of nitrogen functional groups attached to an aromatic ring is 1. The molecule has 0 aliphatic carbocycles. The molecule has 2 aromatic rings. The molecule has 6 heteroatoms. The van der Waals surface area contributed by atoms with Gasteiger partial charge in [0.2, 0.25) is 0 Å². The third kappa shape index (κ3) is 3.25. The van der Waals surface area contributed by atoms with Crippen LogP contribution in [0.4, 0.5) is 11.5 Å². The minimum absolute atomic E-state index is 0.110. The van der Waals surface area contributed by atoms with Crippen LogP contribution in [0.3, 0.4) is 0 Å². The summed E-state index contributed by atoms with van der Waals surface area (Å²) in [7, 11) is 0. The molecular weight excluding hydrogens is 355 g/mol. The molecule has 0 aliphatic rings. The molecule has 0 amide bonds. The van der Waals surface area contributed by atoms with Crippen molar-refractivity contribution in [1.29, 1.82) is 0 Å². The summed E-state index contributed by atoms with van der Waals surface area (Å²) in [4.78, 5) is 20.5. The molecule has 0 bridgehead atoms. The van der Waals surface area contributed by atoms with Gasteiger partial charge in [-0.3, -0.25) is 4.79 Å². The molecule has 2 rings (SSSR count). The predicted molar refractivity (Wildman–Crippen MR) is 85.2 cm³/mol. The van der Waals surface area contributed by atoms with Crippen molar-refractivity contribution in [3.63, 3.8) is 0 Å². The summed E-state index contributed by atoms with van der Waals surface area (Å²) in [6, 6.07) is 7.72. The molecule has 3 N–H and O–H groups in total. The van der Waals surface area contributed by atoms with Gasteiger partial charge in [0, 0.05) is 18.8 Å². The number of hydrogen-bond donors (Lipinski definition) is 2. The second-order valence-corrected chi connectivity index (χ2v) is 5.20. The van der Waals surface area contributed by atoms with E-state index in [9.17, 15) is 4.79 Å². The molecule has 19 heavy (non-hydrogen) atoms. The van der Waals surface area contributed by atoms with Crippen LogP contribution in [0.15, 0.2) is 35.4 Å². The molecule has 1 heterocycles. The molecule has 1 aromatic carbocycles. The van der Waals surface area contributed by atoms with Crippen molar-refractivity contribution < 1.29 is 0 Å². The fourth-order valence-corrected chi connectivity index (χ4v) is 2.41. The van der Waals surface area contributed by atoms with Crippen molar-refractivity contribution in [2.75, 3.05) is 17.2 Å². The Morgan fingerprint density at radius 1 is 1.37 bits per heavy atom. The molecule has 100 valence electrons. The van der Waals surface area contributed by atoms with Crippen molar-refractivity contribution in [1.82, 2.24) is 9.97 Å². The van der Waals surface area contributed by atoms with Gasteiger partial charge in [0.1, 0.15) is 9.39 Å². The summed E-state index contributed by atoms with van der Waals surface area (Å²) in [6.07, 6.45) is 1.44. The molecule has 0 atom stereocenters. The van der Waals surface area contributed by atoms with Crippen LogP contribution >= 0.6 is 22.6 Å². The van der Waals surface area contributed by atoms with Crippen LogP contribution in [-0.2, 0) is 6.54 Å². The van der Waals surface area contributed by atoms with Crippen molar-refractivity contribution in [3.8, 4) is 0 Å². The number of rotatable bonds is 4. The van der Waals surface area contributed by atoms with Gasteiger partial charge in [-0.15, -0.1) is 0 Å². The SMILES string of the molecule is CCN(Cc1ccc(N)cc1)c1nc[nH]c(=O)c1I. The topological polar surface area (TPSA) is 75.0 Å². The first kappa shape index (κ1) is 13.9. The molecule has 0 fully saturated rings. The van der Waals surface area contributed by atoms with Crippen LogP contribution in [0.5, 0.6) is 0 Å². The molecule has 0 unspecified atom stereocenters. The summed E-state index contributed by atoms with van der Waals surface area (Å²) in [5, 5.41) is 0. The zero-order chi connectivity index (χ0) is 13.8. The molecule has 5 nitrogen and oxygen atoms in total. The lowest BCUT2D eigenvalue weighted by Crippen LogP contribution is -2.27. The standard InChI is InChI=1S/C13H15IN4O/c1-2-18(7-9-3-5-10(15)6-4-9)12-11(14)13(19)17-8-16-12/h3-6,8H,2,7,15H2,1H3,(H,16,17,19). The smallest absolute Gasteiger partial charge is 0.266 e. The average molecular weight is 370 g/mol. The summed E-state index contributed by atoms with van der Waals surface area (Å²) in [5.74, 6) is 0.712. The van der Waals surface area contributed by atoms with Crippen molar-refractivity contribution in [2.45, 2.75) is 13.5 Å². The molecule has 1 aromatic heterocycles. The lowest BCUT2D eigenvalue weighted by Gasteiger charge is -2.22. The zero-order valence-corrected chi connectivity index (χ0v) is 12.7. The summed E-state index contributed by atoms with van der Waals surface area (Å²) in [5.41, 5.74) is 7.44. The highest BCUT2D eigenvalue weighted by molar-refractivity contribution is 14.1. The maximum absolute atomic E-state index is 11.6. The Bertz CT molecular complexity index is 609. The Morgan fingerprint density at radius 2 is 2.05 bits per heavy atom. The summed E-state index contributed by atoms with van der Waals surface area (Å²) >= 11 is 2.02. The number of hydrogen-bond acceptors (Lipinski definition) is 4. The lowest BCUT2D eigenvalue weighted by molar-refractivity contribution is 0.803. The van der Waals surface area contributed by atoms with Crippen LogP contribution in [-0.4, -0.2) is 16.5 Å². The third-order valence-corrected chi connectivity index (χ3v) is 3.78. The number of nitrogens with one attached hydrogen (secondary N) is 1. The van der Waals surface area contributed by atoms with E-state index in [0.717, 1.165) is 17.8 Å². The third-order valence-electron chi connectivity index (χ3n) is 2.81. The first-order valence-corrected chi connectivity index (χ1v) is 7.02. The quantitative estimate of drug-likeness (QED) is 0.638.